The molecular weight excluding hydrogens is 401 g/mol. The molecule has 12 heteroatoms. The van der Waals surface area contributed by atoms with E-state index in [2.05, 4.69) is 26.2 Å². The predicted molar refractivity (Wildman–Crippen MR) is 101 cm³/mol. The van der Waals surface area contributed by atoms with E-state index in [4.69, 9.17) is 4.42 Å². The Hall–Kier alpha value is -1.75. The van der Waals surface area contributed by atoms with Crippen LogP contribution in [0.4, 0.5) is 0 Å². The van der Waals surface area contributed by atoms with Crippen LogP contribution in [0.2, 0.25) is 0 Å². The van der Waals surface area contributed by atoms with Gasteiger partial charge in [-0.1, -0.05) is 19.1 Å². The van der Waals surface area contributed by atoms with E-state index in [0.717, 1.165) is 5.76 Å². The first kappa shape index (κ1) is 20.6. The van der Waals surface area contributed by atoms with Crippen LogP contribution >= 0.6 is 22.9 Å². The van der Waals surface area contributed by atoms with Gasteiger partial charge in [0.25, 0.3) is 0 Å². The van der Waals surface area contributed by atoms with Gasteiger partial charge in [0.05, 0.1) is 11.5 Å². The third kappa shape index (κ3) is 5.63. The minimum Gasteiger partial charge on any atom is -0.443 e. The summed E-state index contributed by atoms with van der Waals surface area (Å²) < 4.78 is 50.5. The fraction of sp³-hybridized carbons (Fsp3) is 0.286. The molecule has 26 heavy (non-hydrogen) atoms. The maximum atomic E-state index is 12.3. The van der Waals surface area contributed by atoms with Crippen LogP contribution in [0.3, 0.4) is 0 Å². The number of aryl methyl sites for hydroxylation is 1. The lowest BCUT2D eigenvalue weighted by Crippen LogP contribution is -2.21. The lowest BCUT2D eigenvalue weighted by Gasteiger charge is -2.09. The van der Waals surface area contributed by atoms with Crippen molar-refractivity contribution in [3.05, 3.63) is 40.7 Å². The average Bonchev–Trinajstić information content (AvgIpc) is 2.91. The Balaban J connectivity index is 2.13. The van der Waals surface area contributed by atoms with Gasteiger partial charge in [-0.05, 0) is 18.7 Å². The number of furan rings is 1. The van der Waals surface area contributed by atoms with Gasteiger partial charge in [0, 0.05) is 19.2 Å². The van der Waals surface area contributed by atoms with E-state index in [-0.39, 0.29) is 18.4 Å². The van der Waals surface area contributed by atoms with Crippen LogP contribution in [-0.4, -0.2) is 28.3 Å². The Morgan fingerprint density at radius 1 is 1.31 bits per heavy atom. The van der Waals surface area contributed by atoms with Gasteiger partial charge in [0.15, 0.2) is 0 Å². The molecule has 2 unspecified atom stereocenters. The second-order valence-electron chi connectivity index (χ2n) is 5.10. The summed E-state index contributed by atoms with van der Waals surface area (Å²) in [6.07, 6.45) is 11.1. The first-order valence-corrected chi connectivity index (χ1v) is 11.9. The normalized spacial score (nSPS) is 15.3. The molecule has 0 radical (unpaired) electrons. The van der Waals surface area contributed by atoms with E-state index in [0.29, 0.717) is 11.8 Å². The predicted octanol–water partition coefficient (Wildman–Crippen LogP) is 3.68. The van der Waals surface area contributed by atoms with Crippen molar-refractivity contribution in [2.45, 2.75) is 19.9 Å². The molecule has 0 aromatic carbocycles. The summed E-state index contributed by atoms with van der Waals surface area (Å²) >= 11 is 0. The minimum absolute atomic E-state index is 0.140. The molecule has 0 N–H and O–H groups in total. The number of nitrogens with zero attached hydrogens (tertiary/aromatic N) is 2. The number of hydrogen-bond donors (Lipinski definition) is 0. The maximum Gasteiger partial charge on any atom is 0.354 e. The van der Waals surface area contributed by atoms with Crippen molar-refractivity contribution in [2.24, 2.45) is 0 Å². The van der Waals surface area contributed by atoms with Gasteiger partial charge in [-0.25, -0.2) is 13.4 Å². The van der Waals surface area contributed by atoms with Crippen LogP contribution in [0.25, 0.3) is 11.1 Å². The molecule has 9 nitrogen and oxygen atoms in total. The van der Waals surface area contributed by atoms with E-state index in [1.807, 2.05) is 6.92 Å². The molecule has 0 aliphatic heterocycles. The van der Waals surface area contributed by atoms with Crippen LogP contribution in [0, 0.1) is 0 Å². The zero-order chi connectivity index (χ0) is 19.3. The molecule has 0 fully saturated rings. The minimum atomic E-state index is -3.90. The molecule has 0 aliphatic carbocycles. The van der Waals surface area contributed by atoms with E-state index >= 15 is 0 Å². The molecule has 2 atom stereocenters. The molecule has 0 saturated heterocycles. The fourth-order valence-corrected chi connectivity index (χ4v) is 5.61. The van der Waals surface area contributed by atoms with Gasteiger partial charge in [0.2, 0.25) is 21.0 Å². The van der Waals surface area contributed by atoms with Crippen molar-refractivity contribution in [2.75, 3.05) is 6.16 Å². The number of aromatic nitrogens is 2. The Bertz CT molecular complexity index is 1030. The molecule has 0 amide bonds. The van der Waals surface area contributed by atoms with Crippen LogP contribution in [0.15, 0.2) is 33.6 Å². The van der Waals surface area contributed by atoms with Gasteiger partial charge < -0.3 is 4.42 Å². The Morgan fingerprint density at radius 2 is 1.96 bits per heavy atom. The average molecular weight is 418 g/mol. The van der Waals surface area contributed by atoms with E-state index in [9.17, 15) is 18.5 Å². The van der Waals surface area contributed by atoms with Crippen molar-refractivity contribution in [3.8, 4) is 0 Å². The van der Waals surface area contributed by atoms with E-state index < -0.39 is 28.6 Å². The van der Waals surface area contributed by atoms with Crippen molar-refractivity contribution in [1.82, 2.24) is 9.55 Å². The van der Waals surface area contributed by atoms with E-state index in [1.165, 1.54) is 16.7 Å². The summed E-state index contributed by atoms with van der Waals surface area (Å²) in [4.78, 5) is 15.8. The van der Waals surface area contributed by atoms with Gasteiger partial charge in [0.1, 0.15) is 5.76 Å². The second-order valence-corrected chi connectivity index (χ2v) is 9.32. The summed E-state index contributed by atoms with van der Waals surface area (Å²) in [5, 5.41) is 0.690. The topological polar surface area (TPSA) is 118 Å². The Kier molecular flexibility index (Phi) is 6.93. The smallest absolute Gasteiger partial charge is 0.354 e. The third-order valence-electron chi connectivity index (χ3n) is 3.11. The molecule has 2 heterocycles. The highest BCUT2D eigenvalue weighted by Gasteiger charge is 2.25. The molecule has 0 saturated carbocycles. The second kappa shape index (κ2) is 8.76. The summed E-state index contributed by atoms with van der Waals surface area (Å²) in [7, 11) is -8.83. The van der Waals surface area contributed by atoms with Crippen molar-refractivity contribution < 1.29 is 26.7 Å². The number of rotatable bonds is 9. The Morgan fingerprint density at radius 3 is 2.54 bits per heavy atom. The maximum absolute atomic E-state index is 12.3. The van der Waals surface area contributed by atoms with Gasteiger partial charge in [-0.15, -0.1) is 0 Å². The monoisotopic (exact) mass is 418 g/mol. The zero-order valence-electron chi connectivity index (χ0n) is 13.9. The first-order valence-electron chi connectivity index (χ1n) is 7.41. The first-order chi connectivity index (χ1) is 12.2. The summed E-state index contributed by atoms with van der Waals surface area (Å²) in [5.41, 5.74) is -0.228. The molecule has 0 bridgehead atoms. The van der Waals surface area contributed by atoms with Crippen molar-refractivity contribution in [1.29, 1.82) is 0 Å². The molecule has 2 rings (SSSR count). The van der Waals surface area contributed by atoms with Gasteiger partial charge >= 0.3 is 13.3 Å². The zero-order valence-corrected chi connectivity index (χ0v) is 16.6. The number of hydrogen-bond acceptors (Lipinski definition) is 8. The number of allylic oxidation sites excluding steroid dienone is 2. The molecule has 140 valence electrons. The molecule has 0 aliphatic rings. The van der Waals surface area contributed by atoms with Crippen LogP contribution < -0.4 is 5.69 Å². The highest BCUT2D eigenvalue weighted by molar-refractivity contribution is 7.66. The number of fused-ring (bicyclic) bond motifs is 1. The SMILES string of the molecule is C=P(=O)OP(=O)(C/C=C/Cn1cc2cc(CC)oc2nc1=O)OP(=C)=O. The Labute approximate surface area is 150 Å². The highest BCUT2D eigenvalue weighted by atomic mass is 31.2. The van der Waals surface area contributed by atoms with Crippen LogP contribution in [-0.2, 0) is 35.3 Å². The highest BCUT2D eigenvalue weighted by Crippen LogP contribution is 2.56. The summed E-state index contributed by atoms with van der Waals surface area (Å²) in [6.45, 7) is 2.07. The summed E-state index contributed by atoms with van der Waals surface area (Å²) in [5.74, 6) is 0.722. The third-order valence-corrected chi connectivity index (χ3v) is 7.21. The standard InChI is InChI=1S/C14H17N2O7P3/c1-4-12-9-11-10-16(14(17)15-13(11)21-12)7-5-6-8-26(20,22-24(2)18)23-25(3)19/h5-6,9-10H,2-4,7-8H2,1H3/b6-5+. The molecule has 2 aromatic rings. The molecule has 2 aromatic heterocycles. The molecule has 0 spiro atoms. The van der Waals surface area contributed by atoms with Crippen molar-refractivity contribution in [3.63, 3.8) is 0 Å². The van der Waals surface area contributed by atoms with Gasteiger partial charge in [-0.2, -0.15) is 4.98 Å². The van der Waals surface area contributed by atoms with Crippen LogP contribution in [0.1, 0.15) is 12.7 Å². The van der Waals surface area contributed by atoms with E-state index in [1.54, 1.807) is 12.3 Å². The summed E-state index contributed by atoms with van der Waals surface area (Å²) in [6, 6.07) is 1.80. The lowest BCUT2D eigenvalue weighted by atomic mass is 10.3. The quantitative estimate of drug-likeness (QED) is 0.447. The largest absolute Gasteiger partial charge is 0.443 e. The fourth-order valence-electron chi connectivity index (χ4n) is 2.06. The van der Waals surface area contributed by atoms with Crippen molar-refractivity contribution >= 4 is 46.6 Å². The van der Waals surface area contributed by atoms with Crippen LogP contribution in [0.5, 0.6) is 0 Å². The lowest BCUT2D eigenvalue weighted by molar-refractivity contribution is 0.404. The van der Waals surface area contributed by atoms with Gasteiger partial charge in [-0.3, -0.25) is 18.3 Å². The molecular formula is C14H17N2O7P3.